The van der Waals surface area contributed by atoms with Gasteiger partial charge in [0.05, 0.1) is 0 Å². The minimum atomic E-state index is 0.167. The molecule has 12 heavy (non-hydrogen) atoms. The smallest absolute Gasteiger partial charge is 0.385 e. The molecular weight excluding hydrogens is 151 g/mol. The van der Waals surface area contributed by atoms with Crippen molar-refractivity contribution in [2.24, 2.45) is 0 Å². The highest BCUT2D eigenvalue weighted by molar-refractivity contribution is 6.48. The number of hydrogen-bond donors (Lipinski definition) is 1. The average molecular weight is 162 g/mol. The lowest BCUT2D eigenvalue weighted by Gasteiger charge is -2.02. The van der Waals surface area contributed by atoms with Crippen molar-refractivity contribution in [3.63, 3.8) is 0 Å². The average Bonchev–Trinajstić information content (AvgIpc) is 2.59. The van der Waals surface area contributed by atoms with Gasteiger partial charge < -0.3 is 9.88 Å². The summed E-state index contributed by atoms with van der Waals surface area (Å²) in [6.07, 6.45) is 2.67. The standard InChI is InChI=1S/C8H11BN2O/c1-2-4-10-8(3-1)7-9-11-5-6-12-9/h1-4,11H,5-7H2. The number of rotatable bonds is 2. The Hall–Kier alpha value is -0.865. The summed E-state index contributed by atoms with van der Waals surface area (Å²) in [5, 5.41) is 3.24. The van der Waals surface area contributed by atoms with Crippen LogP contribution in [0, 0.1) is 0 Å². The molecule has 0 saturated carbocycles. The zero-order valence-corrected chi connectivity index (χ0v) is 6.86. The maximum absolute atomic E-state index is 5.41. The molecule has 1 aliphatic heterocycles. The van der Waals surface area contributed by atoms with Gasteiger partial charge in [0, 0.05) is 31.4 Å². The molecule has 1 N–H and O–H groups in total. The number of hydrogen-bond acceptors (Lipinski definition) is 3. The molecule has 1 aromatic rings. The monoisotopic (exact) mass is 162 g/mol. The summed E-state index contributed by atoms with van der Waals surface area (Å²) >= 11 is 0. The highest BCUT2D eigenvalue weighted by Gasteiger charge is 2.21. The molecule has 62 valence electrons. The van der Waals surface area contributed by atoms with Crippen LogP contribution in [0.5, 0.6) is 0 Å². The summed E-state index contributed by atoms with van der Waals surface area (Å²) in [6, 6.07) is 5.94. The van der Waals surface area contributed by atoms with Gasteiger partial charge in [-0.25, -0.2) is 0 Å². The maximum Gasteiger partial charge on any atom is 0.385 e. The first-order chi connectivity index (χ1) is 5.95. The molecule has 0 radical (unpaired) electrons. The van der Waals surface area contributed by atoms with Gasteiger partial charge >= 0.3 is 7.05 Å². The third-order valence-corrected chi connectivity index (χ3v) is 1.91. The molecule has 2 heterocycles. The van der Waals surface area contributed by atoms with E-state index in [1.807, 2.05) is 24.4 Å². The van der Waals surface area contributed by atoms with E-state index in [0.717, 1.165) is 25.2 Å². The number of aromatic nitrogens is 1. The van der Waals surface area contributed by atoms with E-state index in [-0.39, 0.29) is 7.05 Å². The van der Waals surface area contributed by atoms with Gasteiger partial charge in [-0.2, -0.15) is 0 Å². The van der Waals surface area contributed by atoms with E-state index in [9.17, 15) is 0 Å². The predicted molar refractivity (Wildman–Crippen MR) is 47.6 cm³/mol. The molecule has 4 heteroatoms. The third kappa shape index (κ3) is 1.84. The Morgan fingerprint density at radius 3 is 3.25 bits per heavy atom. The van der Waals surface area contributed by atoms with Crippen LogP contribution >= 0.6 is 0 Å². The Balaban J connectivity index is 1.94. The summed E-state index contributed by atoms with van der Waals surface area (Å²) in [5.74, 6) is 0. The summed E-state index contributed by atoms with van der Waals surface area (Å²) in [5.41, 5.74) is 1.08. The van der Waals surface area contributed by atoms with Gasteiger partial charge in [-0.05, 0) is 12.1 Å². The highest BCUT2D eigenvalue weighted by Crippen LogP contribution is 2.00. The van der Waals surface area contributed by atoms with Gasteiger partial charge in [-0.15, -0.1) is 0 Å². The Morgan fingerprint density at radius 2 is 2.58 bits per heavy atom. The molecule has 1 aliphatic rings. The third-order valence-electron chi connectivity index (χ3n) is 1.91. The Morgan fingerprint density at radius 1 is 1.58 bits per heavy atom. The van der Waals surface area contributed by atoms with Gasteiger partial charge in [0.1, 0.15) is 0 Å². The lowest BCUT2D eigenvalue weighted by atomic mass is 9.78. The minimum Gasteiger partial charge on any atom is -0.420 e. The second-order valence-electron chi connectivity index (χ2n) is 2.84. The maximum atomic E-state index is 5.41. The zero-order chi connectivity index (χ0) is 8.23. The predicted octanol–water partition coefficient (Wildman–Crippen LogP) is 0.271. The lowest BCUT2D eigenvalue weighted by molar-refractivity contribution is 0.369. The number of nitrogens with zero attached hydrogens (tertiary/aromatic N) is 1. The van der Waals surface area contributed by atoms with Gasteiger partial charge in [0.25, 0.3) is 0 Å². The summed E-state index contributed by atoms with van der Waals surface area (Å²) in [4.78, 5) is 4.22. The van der Waals surface area contributed by atoms with Crippen LogP contribution in [-0.2, 0) is 11.0 Å². The van der Waals surface area contributed by atoms with Gasteiger partial charge in [0.2, 0.25) is 0 Å². The SMILES string of the molecule is c1ccc(CB2NCCO2)nc1. The van der Waals surface area contributed by atoms with Crippen molar-refractivity contribution in [3.05, 3.63) is 30.1 Å². The van der Waals surface area contributed by atoms with E-state index in [1.54, 1.807) is 0 Å². The van der Waals surface area contributed by atoms with Crippen molar-refractivity contribution in [2.75, 3.05) is 13.2 Å². The van der Waals surface area contributed by atoms with E-state index < -0.39 is 0 Å². The first-order valence-corrected chi connectivity index (χ1v) is 4.20. The molecule has 0 unspecified atom stereocenters. The Kier molecular flexibility index (Phi) is 2.39. The Bertz CT molecular complexity index is 236. The summed E-state index contributed by atoms with van der Waals surface area (Å²) in [6.45, 7) is 1.77. The normalized spacial score (nSPS) is 16.8. The van der Waals surface area contributed by atoms with E-state index in [2.05, 4.69) is 10.2 Å². The van der Waals surface area contributed by atoms with Crippen LogP contribution in [0.4, 0.5) is 0 Å². The van der Waals surface area contributed by atoms with Crippen molar-refractivity contribution in [3.8, 4) is 0 Å². The number of pyridine rings is 1. The fraction of sp³-hybridized carbons (Fsp3) is 0.375. The van der Waals surface area contributed by atoms with E-state index in [0.29, 0.717) is 0 Å². The second-order valence-corrected chi connectivity index (χ2v) is 2.84. The number of nitrogens with one attached hydrogen (secondary N) is 1. The van der Waals surface area contributed by atoms with Crippen LogP contribution < -0.4 is 5.23 Å². The Labute approximate surface area is 72.3 Å². The van der Waals surface area contributed by atoms with E-state index in [4.69, 9.17) is 4.65 Å². The highest BCUT2D eigenvalue weighted by atomic mass is 16.5. The topological polar surface area (TPSA) is 34.1 Å². The van der Waals surface area contributed by atoms with Crippen LogP contribution in [0.25, 0.3) is 0 Å². The lowest BCUT2D eigenvalue weighted by Crippen LogP contribution is -2.31. The molecule has 2 rings (SSSR count). The summed E-state index contributed by atoms with van der Waals surface area (Å²) < 4.78 is 5.41. The molecule has 0 aliphatic carbocycles. The summed E-state index contributed by atoms with van der Waals surface area (Å²) in [7, 11) is 0.167. The van der Waals surface area contributed by atoms with Gasteiger partial charge in [0.15, 0.2) is 0 Å². The van der Waals surface area contributed by atoms with Crippen LogP contribution in [-0.4, -0.2) is 25.2 Å². The molecule has 1 aromatic heterocycles. The first kappa shape index (κ1) is 7.77. The fourth-order valence-corrected chi connectivity index (χ4v) is 1.32. The van der Waals surface area contributed by atoms with Crippen molar-refractivity contribution in [2.45, 2.75) is 6.32 Å². The van der Waals surface area contributed by atoms with E-state index >= 15 is 0 Å². The largest absolute Gasteiger partial charge is 0.420 e. The molecule has 0 bridgehead atoms. The zero-order valence-electron chi connectivity index (χ0n) is 6.86. The second kappa shape index (κ2) is 3.69. The molecule has 1 saturated heterocycles. The fourth-order valence-electron chi connectivity index (χ4n) is 1.32. The van der Waals surface area contributed by atoms with Crippen molar-refractivity contribution in [1.82, 2.24) is 10.2 Å². The van der Waals surface area contributed by atoms with Crippen LogP contribution in [0.2, 0.25) is 0 Å². The quantitative estimate of drug-likeness (QED) is 0.633. The van der Waals surface area contributed by atoms with E-state index in [1.165, 1.54) is 0 Å². The molecule has 1 fully saturated rings. The van der Waals surface area contributed by atoms with Crippen LogP contribution in [0.3, 0.4) is 0 Å². The molecule has 3 nitrogen and oxygen atoms in total. The van der Waals surface area contributed by atoms with Crippen molar-refractivity contribution in [1.29, 1.82) is 0 Å². The van der Waals surface area contributed by atoms with Crippen molar-refractivity contribution >= 4 is 7.05 Å². The molecule has 0 spiro atoms. The minimum absolute atomic E-state index is 0.167. The molecule has 0 atom stereocenters. The van der Waals surface area contributed by atoms with Gasteiger partial charge in [-0.3, -0.25) is 4.98 Å². The first-order valence-electron chi connectivity index (χ1n) is 4.20. The van der Waals surface area contributed by atoms with Crippen LogP contribution in [0.1, 0.15) is 5.69 Å². The van der Waals surface area contributed by atoms with Crippen molar-refractivity contribution < 1.29 is 4.65 Å². The molecular formula is C8H11BN2O. The van der Waals surface area contributed by atoms with Crippen LogP contribution in [0.15, 0.2) is 24.4 Å². The van der Waals surface area contributed by atoms with Gasteiger partial charge in [-0.1, -0.05) is 6.07 Å². The molecule has 0 aromatic carbocycles. The molecule has 0 amide bonds.